The number of aryl methyl sites for hydroxylation is 1. The number of halogens is 2. The number of benzene rings is 1. The van der Waals surface area contributed by atoms with Crippen LogP contribution in [0.15, 0.2) is 47.9 Å². The quantitative estimate of drug-likeness (QED) is 0.588. The summed E-state index contributed by atoms with van der Waals surface area (Å²) in [5.74, 6) is -1.65. The fraction of sp³-hybridized carbons (Fsp3) is 0.348. The van der Waals surface area contributed by atoms with E-state index < -0.39 is 5.92 Å². The summed E-state index contributed by atoms with van der Waals surface area (Å²) in [7, 11) is 0. The predicted octanol–water partition coefficient (Wildman–Crippen LogP) is 4.89. The Labute approximate surface area is 173 Å². The highest BCUT2D eigenvalue weighted by atomic mass is 19.3. The van der Waals surface area contributed by atoms with Crippen LogP contribution in [0.1, 0.15) is 48.3 Å². The van der Waals surface area contributed by atoms with Crippen molar-refractivity contribution in [3.63, 3.8) is 0 Å². The van der Waals surface area contributed by atoms with Crippen molar-refractivity contribution in [3.05, 3.63) is 76.0 Å². The van der Waals surface area contributed by atoms with Crippen LogP contribution in [-0.2, 0) is 18.9 Å². The molecule has 1 atom stereocenters. The van der Waals surface area contributed by atoms with Gasteiger partial charge in [0.25, 0.3) is 11.5 Å². The van der Waals surface area contributed by atoms with Gasteiger partial charge in [-0.3, -0.25) is 4.79 Å². The van der Waals surface area contributed by atoms with Gasteiger partial charge in [0.15, 0.2) is 0 Å². The van der Waals surface area contributed by atoms with Crippen molar-refractivity contribution in [2.45, 2.75) is 51.6 Å². The molecule has 0 radical (unpaired) electrons. The summed E-state index contributed by atoms with van der Waals surface area (Å²) in [4.78, 5) is 21.4. The molecule has 5 nitrogen and oxygen atoms in total. The highest BCUT2D eigenvalue weighted by Gasteiger charge is 2.39. The summed E-state index contributed by atoms with van der Waals surface area (Å²) < 4.78 is 29.8. The third kappa shape index (κ3) is 3.60. The lowest BCUT2D eigenvalue weighted by molar-refractivity contribution is -0.00184. The summed E-state index contributed by atoms with van der Waals surface area (Å²) in [5.41, 5.74) is 2.09. The summed E-state index contributed by atoms with van der Waals surface area (Å²) >= 11 is 0. The molecule has 30 heavy (non-hydrogen) atoms. The van der Waals surface area contributed by atoms with Crippen molar-refractivity contribution >= 4 is 16.7 Å². The van der Waals surface area contributed by atoms with Gasteiger partial charge in [-0.05, 0) is 37.8 Å². The van der Waals surface area contributed by atoms with Crippen molar-refractivity contribution in [2.24, 2.45) is 0 Å². The summed E-state index contributed by atoms with van der Waals surface area (Å²) in [6.07, 6.45) is 4.41. The van der Waals surface area contributed by atoms with E-state index in [1.165, 1.54) is 12.1 Å². The number of fused-ring (bicyclic) bond motifs is 2. The molecule has 0 saturated carbocycles. The topological polar surface area (TPSA) is 59.8 Å². The number of allylic oxidation sites excluding steroid dienone is 1. The van der Waals surface area contributed by atoms with E-state index in [0.29, 0.717) is 47.5 Å². The van der Waals surface area contributed by atoms with Crippen LogP contribution in [-0.4, -0.2) is 14.5 Å². The molecule has 2 aromatic heterocycles. The lowest BCUT2D eigenvalue weighted by Crippen LogP contribution is -2.22. The molecule has 0 fully saturated rings. The highest BCUT2D eigenvalue weighted by Crippen LogP contribution is 2.42. The SMILES string of the molecule is C=CCC(C)n1cc2c(NCc3cccc4c3CCC4(F)F)nc(C)nc2cc1=O. The minimum Gasteiger partial charge on any atom is -0.365 e. The Kier molecular flexibility index (Phi) is 5.13. The van der Waals surface area contributed by atoms with E-state index in [4.69, 9.17) is 0 Å². The zero-order chi connectivity index (χ0) is 21.5. The molecule has 1 aromatic carbocycles. The fourth-order valence-electron chi connectivity index (χ4n) is 4.10. The Balaban J connectivity index is 1.71. The van der Waals surface area contributed by atoms with E-state index in [2.05, 4.69) is 21.9 Å². The molecule has 2 heterocycles. The van der Waals surface area contributed by atoms with Gasteiger partial charge in [-0.15, -0.1) is 6.58 Å². The van der Waals surface area contributed by atoms with Gasteiger partial charge in [0, 0.05) is 36.8 Å². The number of nitrogens with zero attached hydrogens (tertiary/aromatic N) is 3. The third-order valence-electron chi connectivity index (χ3n) is 5.65. The van der Waals surface area contributed by atoms with Crippen LogP contribution in [0.5, 0.6) is 0 Å². The monoisotopic (exact) mass is 410 g/mol. The summed E-state index contributed by atoms with van der Waals surface area (Å²) in [6.45, 7) is 7.82. The van der Waals surface area contributed by atoms with Gasteiger partial charge in [-0.2, -0.15) is 0 Å². The first-order valence-corrected chi connectivity index (χ1v) is 10.0. The van der Waals surface area contributed by atoms with Crippen LogP contribution in [0.25, 0.3) is 10.9 Å². The molecular formula is C23H24F2N4O. The molecule has 0 bridgehead atoms. The van der Waals surface area contributed by atoms with Crippen molar-refractivity contribution in [1.82, 2.24) is 14.5 Å². The molecule has 4 rings (SSSR count). The van der Waals surface area contributed by atoms with Crippen LogP contribution in [0.2, 0.25) is 0 Å². The molecule has 1 aliphatic rings. The second-order valence-corrected chi connectivity index (χ2v) is 7.81. The molecular weight excluding hydrogens is 386 g/mol. The van der Waals surface area contributed by atoms with Gasteiger partial charge < -0.3 is 9.88 Å². The number of nitrogens with one attached hydrogen (secondary N) is 1. The third-order valence-corrected chi connectivity index (χ3v) is 5.65. The van der Waals surface area contributed by atoms with Crippen LogP contribution in [0, 0.1) is 6.92 Å². The first kappa shape index (κ1) is 20.2. The molecule has 1 N–H and O–H groups in total. The number of hydrogen-bond acceptors (Lipinski definition) is 4. The van der Waals surface area contributed by atoms with E-state index in [0.717, 1.165) is 5.56 Å². The summed E-state index contributed by atoms with van der Waals surface area (Å²) in [6, 6.07) is 6.51. The molecule has 1 unspecified atom stereocenters. The Bertz CT molecular complexity index is 1190. The van der Waals surface area contributed by atoms with Gasteiger partial charge in [-0.25, -0.2) is 18.7 Å². The lowest BCUT2D eigenvalue weighted by Gasteiger charge is -2.16. The van der Waals surface area contributed by atoms with E-state index >= 15 is 0 Å². The Morgan fingerprint density at radius 1 is 1.37 bits per heavy atom. The molecule has 0 saturated heterocycles. The lowest BCUT2D eigenvalue weighted by atomic mass is 10.0. The number of alkyl halides is 2. The fourth-order valence-corrected chi connectivity index (χ4v) is 4.10. The molecule has 156 valence electrons. The number of anilines is 1. The molecule has 0 spiro atoms. The van der Waals surface area contributed by atoms with Crippen molar-refractivity contribution in [3.8, 4) is 0 Å². The minimum absolute atomic E-state index is 0.0480. The van der Waals surface area contributed by atoms with E-state index in [1.807, 2.05) is 13.0 Å². The normalized spacial score (nSPS) is 15.7. The molecule has 3 aromatic rings. The maximum atomic E-state index is 14.1. The summed E-state index contributed by atoms with van der Waals surface area (Å²) in [5, 5.41) is 4.00. The average Bonchev–Trinajstić information content (AvgIpc) is 3.01. The Morgan fingerprint density at radius 2 is 2.17 bits per heavy atom. The van der Waals surface area contributed by atoms with E-state index in [1.54, 1.807) is 29.8 Å². The number of aromatic nitrogens is 3. The highest BCUT2D eigenvalue weighted by molar-refractivity contribution is 5.88. The smallest absolute Gasteiger partial charge is 0.273 e. The first-order chi connectivity index (χ1) is 14.3. The second-order valence-electron chi connectivity index (χ2n) is 7.81. The van der Waals surface area contributed by atoms with Crippen molar-refractivity contribution in [1.29, 1.82) is 0 Å². The number of hydrogen-bond donors (Lipinski definition) is 1. The Hall–Kier alpha value is -3.09. The van der Waals surface area contributed by atoms with Crippen LogP contribution in [0.3, 0.4) is 0 Å². The van der Waals surface area contributed by atoms with E-state index in [9.17, 15) is 13.6 Å². The molecule has 0 amide bonds. The second kappa shape index (κ2) is 7.63. The number of rotatable bonds is 6. The average molecular weight is 410 g/mol. The maximum Gasteiger partial charge on any atom is 0.273 e. The maximum absolute atomic E-state index is 14.1. The van der Waals surface area contributed by atoms with Crippen LogP contribution in [0.4, 0.5) is 14.6 Å². The molecule has 0 aliphatic heterocycles. The standard InChI is InChI=1S/C23H24F2N4O/c1-4-6-14(2)29-13-18-20(11-21(29)30)27-15(3)28-22(18)26-12-16-7-5-8-19-17(16)9-10-23(19,24)25/h4-5,7-8,11,13-14H,1,6,9-10,12H2,2-3H3,(H,26,27,28). The van der Waals surface area contributed by atoms with Gasteiger partial charge in [0.2, 0.25) is 0 Å². The zero-order valence-electron chi connectivity index (χ0n) is 17.1. The van der Waals surface area contributed by atoms with Gasteiger partial charge in [0.1, 0.15) is 11.6 Å². The molecule has 7 heteroatoms. The van der Waals surface area contributed by atoms with Gasteiger partial charge in [0.05, 0.1) is 10.9 Å². The van der Waals surface area contributed by atoms with Gasteiger partial charge in [-0.1, -0.05) is 24.3 Å². The number of pyridine rings is 1. The Morgan fingerprint density at radius 3 is 2.93 bits per heavy atom. The first-order valence-electron chi connectivity index (χ1n) is 10.0. The van der Waals surface area contributed by atoms with Crippen LogP contribution >= 0.6 is 0 Å². The zero-order valence-corrected chi connectivity index (χ0v) is 17.1. The van der Waals surface area contributed by atoms with Gasteiger partial charge >= 0.3 is 0 Å². The molecule has 1 aliphatic carbocycles. The minimum atomic E-state index is -2.76. The van der Waals surface area contributed by atoms with Crippen molar-refractivity contribution in [2.75, 3.05) is 5.32 Å². The largest absolute Gasteiger partial charge is 0.365 e. The predicted molar refractivity (Wildman–Crippen MR) is 114 cm³/mol. The van der Waals surface area contributed by atoms with Crippen LogP contribution < -0.4 is 10.9 Å². The van der Waals surface area contributed by atoms with Crippen molar-refractivity contribution < 1.29 is 8.78 Å². The van der Waals surface area contributed by atoms with E-state index in [-0.39, 0.29) is 23.6 Å².